The third-order valence-corrected chi connectivity index (χ3v) is 3.29. The first kappa shape index (κ1) is 16.6. The van der Waals surface area contributed by atoms with Gasteiger partial charge in [0, 0.05) is 18.0 Å². The van der Waals surface area contributed by atoms with Gasteiger partial charge in [-0.15, -0.1) is 0 Å². The normalized spacial score (nSPS) is 10.7. The average molecular weight is 314 g/mol. The van der Waals surface area contributed by atoms with Crippen LogP contribution in [-0.4, -0.2) is 33.1 Å². The number of aromatic carboxylic acids is 1. The van der Waals surface area contributed by atoms with Crippen molar-refractivity contribution in [2.45, 2.75) is 33.8 Å². The third kappa shape index (κ3) is 3.36. The number of carbonyl (C=O) groups excluding carboxylic acids is 1. The second-order valence-corrected chi connectivity index (χ2v) is 5.40. The summed E-state index contributed by atoms with van der Waals surface area (Å²) in [5.41, 5.74) is 1.86. The van der Waals surface area contributed by atoms with E-state index in [1.54, 1.807) is 52.2 Å². The molecule has 2 heterocycles. The molecule has 0 bridgehead atoms. The number of aryl methyl sites for hydroxylation is 2. The SMILES string of the molecule is Cc1nc(C)c(C(=O)OC(C)C)c(-c2ccncc2)c1C(=O)O. The average Bonchev–Trinajstić information content (AvgIpc) is 2.45. The number of aromatic nitrogens is 2. The molecule has 0 amide bonds. The third-order valence-electron chi connectivity index (χ3n) is 3.29. The van der Waals surface area contributed by atoms with Crippen LogP contribution in [0.2, 0.25) is 0 Å². The van der Waals surface area contributed by atoms with Gasteiger partial charge in [0.1, 0.15) is 0 Å². The van der Waals surface area contributed by atoms with Gasteiger partial charge in [0.15, 0.2) is 0 Å². The highest BCUT2D eigenvalue weighted by Gasteiger charge is 2.27. The van der Waals surface area contributed by atoms with Crippen molar-refractivity contribution in [3.05, 3.63) is 47.0 Å². The predicted molar refractivity (Wildman–Crippen MR) is 84.5 cm³/mol. The minimum Gasteiger partial charge on any atom is -0.478 e. The molecular weight excluding hydrogens is 296 g/mol. The molecule has 0 aromatic carbocycles. The zero-order chi connectivity index (χ0) is 17.1. The molecule has 120 valence electrons. The van der Waals surface area contributed by atoms with Gasteiger partial charge in [-0.05, 0) is 45.4 Å². The van der Waals surface area contributed by atoms with E-state index in [0.29, 0.717) is 22.5 Å². The molecule has 23 heavy (non-hydrogen) atoms. The molecule has 0 fully saturated rings. The van der Waals surface area contributed by atoms with Gasteiger partial charge in [0.25, 0.3) is 0 Å². The lowest BCUT2D eigenvalue weighted by Gasteiger charge is -2.17. The summed E-state index contributed by atoms with van der Waals surface area (Å²) in [4.78, 5) is 32.3. The zero-order valence-corrected chi connectivity index (χ0v) is 13.5. The van der Waals surface area contributed by atoms with Gasteiger partial charge in [-0.2, -0.15) is 0 Å². The van der Waals surface area contributed by atoms with E-state index in [4.69, 9.17) is 4.74 Å². The molecule has 0 radical (unpaired) electrons. The second-order valence-electron chi connectivity index (χ2n) is 5.40. The van der Waals surface area contributed by atoms with Crippen molar-refractivity contribution in [2.75, 3.05) is 0 Å². The quantitative estimate of drug-likeness (QED) is 0.872. The molecule has 6 heteroatoms. The molecule has 0 spiro atoms. The number of rotatable bonds is 4. The summed E-state index contributed by atoms with van der Waals surface area (Å²) in [7, 11) is 0. The number of carbonyl (C=O) groups is 2. The van der Waals surface area contributed by atoms with Crippen molar-refractivity contribution < 1.29 is 19.4 Å². The molecule has 0 saturated carbocycles. The van der Waals surface area contributed by atoms with E-state index in [1.165, 1.54) is 0 Å². The monoisotopic (exact) mass is 314 g/mol. The highest BCUT2D eigenvalue weighted by molar-refractivity contribution is 6.06. The number of hydrogen-bond acceptors (Lipinski definition) is 5. The van der Waals surface area contributed by atoms with E-state index < -0.39 is 11.9 Å². The van der Waals surface area contributed by atoms with Gasteiger partial charge in [0.2, 0.25) is 0 Å². The van der Waals surface area contributed by atoms with Crippen LogP contribution in [0.5, 0.6) is 0 Å². The van der Waals surface area contributed by atoms with Gasteiger partial charge < -0.3 is 9.84 Å². The fourth-order valence-electron chi connectivity index (χ4n) is 2.44. The molecule has 0 unspecified atom stereocenters. The minimum atomic E-state index is -1.14. The maximum atomic E-state index is 12.5. The number of pyridine rings is 2. The number of ether oxygens (including phenoxy) is 1. The maximum Gasteiger partial charge on any atom is 0.340 e. The van der Waals surface area contributed by atoms with E-state index >= 15 is 0 Å². The Hall–Kier alpha value is -2.76. The van der Waals surface area contributed by atoms with Crippen LogP contribution in [0.3, 0.4) is 0 Å². The Morgan fingerprint density at radius 2 is 1.65 bits per heavy atom. The van der Waals surface area contributed by atoms with Crippen LogP contribution in [-0.2, 0) is 4.74 Å². The Kier molecular flexibility index (Phi) is 4.74. The Morgan fingerprint density at radius 1 is 1.09 bits per heavy atom. The van der Waals surface area contributed by atoms with Crippen molar-refractivity contribution >= 4 is 11.9 Å². The van der Waals surface area contributed by atoms with E-state index in [9.17, 15) is 14.7 Å². The minimum absolute atomic E-state index is 0.00231. The highest BCUT2D eigenvalue weighted by atomic mass is 16.5. The summed E-state index contributed by atoms with van der Waals surface area (Å²) < 4.78 is 5.27. The van der Waals surface area contributed by atoms with Gasteiger partial charge in [-0.3, -0.25) is 9.97 Å². The van der Waals surface area contributed by atoms with Crippen LogP contribution in [0.15, 0.2) is 24.5 Å². The highest BCUT2D eigenvalue weighted by Crippen LogP contribution is 2.31. The standard InChI is InChI=1S/C17H18N2O4/c1-9(2)23-17(22)14-11(4)19-10(3)13(16(20)21)15(14)12-5-7-18-8-6-12/h5-9H,1-4H3,(H,20,21). The summed E-state index contributed by atoms with van der Waals surface area (Å²) >= 11 is 0. The van der Waals surface area contributed by atoms with Crippen LogP contribution < -0.4 is 0 Å². The van der Waals surface area contributed by atoms with Crippen LogP contribution in [0.4, 0.5) is 0 Å². The molecule has 2 aromatic heterocycles. The molecule has 0 aliphatic heterocycles. The van der Waals surface area contributed by atoms with Crippen LogP contribution in [0.25, 0.3) is 11.1 Å². The molecule has 0 saturated heterocycles. The van der Waals surface area contributed by atoms with E-state index in [2.05, 4.69) is 9.97 Å². The largest absolute Gasteiger partial charge is 0.478 e. The number of carboxylic acid groups (broad SMARTS) is 1. The van der Waals surface area contributed by atoms with E-state index in [-0.39, 0.29) is 17.2 Å². The second kappa shape index (κ2) is 6.56. The first-order valence-corrected chi connectivity index (χ1v) is 7.18. The fourth-order valence-corrected chi connectivity index (χ4v) is 2.44. The topological polar surface area (TPSA) is 89.4 Å². The van der Waals surface area contributed by atoms with Crippen LogP contribution >= 0.6 is 0 Å². The summed E-state index contributed by atoms with van der Waals surface area (Å²) in [6.07, 6.45) is 2.77. The fraction of sp³-hybridized carbons (Fsp3) is 0.294. The number of hydrogen-bond donors (Lipinski definition) is 1. The van der Waals surface area contributed by atoms with Crippen molar-refractivity contribution in [1.29, 1.82) is 0 Å². The van der Waals surface area contributed by atoms with Gasteiger partial charge >= 0.3 is 11.9 Å². The Morgan fingerprint density at radius 3 is 2.17 bits per heavy atom. The lowest BCUT2D eigenvalue weighted by molar-refractivity contribution is 0.0377. The summed E-state index contributed by atoms with van der Waals surface area (Å²) in [6.45, 7) is 6.75. The first-order chi connectivity index (χ1) is 10.8. The molecule has 0 aliphatic rings. The lowest BCUT2D eigenvalue weighted by atomic mass is 9.93. The molecule has 0 atom stereocenters. The molecule has 0 aliphatic carbocycles. The Bertz CT molecular complexity index is 755. The summed E-state index contributed by atoms with van der Waals surface area (Å²) in [5, 5.41) is 9.58. The van der Waals surface area contributed by atoms with Gasteiger partial charge in [-0.25, -0.2) is 9.59 Å². The zero-order valence-electron chi connectivity index (χ0n) is 13.5. The smallest absolute Gasteiger partial charge is 0.340 e. The molecule has 2 rings (SSSR count). The van der Waals surface area contributed by atoms with Crippen LogP contribution in [0, 0.1) is 13.8 Å². The molecule has 2 aromatic rings. The summed E-state index contributed by atoms with van der Waals surface area (Å²) in [5.74, 6) is -1.72. The van der Waals surface area contributed by atoms with Crippen molar-refractivity contribution in [2.24, 2.45) is 0 Å². The first-order valence-electron chi connectivity index (χ1n) is 7.18. The van der Waals surface area contributed by atoms with E-state index in [1.807, 2.05) is 0 Å². The van der Waals surface area contributed by atoms with Crippen molar-refractivity contribution in [3.63, 3.8) is 0 Å². The van der Waals surface area contributed by atoms with Crippen molar-refractivity contribution in [1.82, 2.24) is 9.97 Å². The number of esters is 1. The molecule has 1 N–H and O–H groups in total. The van der Waals surface area contributed by atoms with Gasteiger partial charge in [-0.1, -0.05) is 0 Å². The Labute approximate surface area is 134 Å². The van der Waals surface area contributed by atoms with Gasteiger partial charge in [0.05, 0.1) is 28.6 Å². The molecular formula is C17H18N2O4. The molecule has 6 nitrogen and oxygen atoms in total. The lowest BCUT2D eigenvalue weighted by Crippen LogP contribution is -2.18. The van der Waals surface area contributed by atoms with Crippen molar-refractivity contribution in [3.8, 4) is 11.1 Å². The number of nitrogens with zero attached hydrogens (tertiary/aromatic N) is 2. The maximum absolute atomic E-state index is 12.5. The Balaban J connectivity index is 2.82. The van der Waals surface area contributed by atoms with E-state index in [0.717, 1.165) is 0 Å². The number of carboxylic acids is 1. The predicted octanol–water partition coefficient (Wildman–Crippen LogP) is 3.02. The van der Waals surface area contributed by atoms with Crippen LogP contribution in [0.1, 0.15) is 46.0 Å². The summed E-state index contributed by atoms with van der Waals surface area (Å²) in [6, 6.07) is 3.32.